The summed E-state index contributed by atoms with van der Waals surface area (Å²) in [5.74, 6) is -0.286. The number of methoxy groups -OCH3 is 1. The van der Waals surface area contributed by atoms with E-state index in [4.69, 9.17) is 0 Å². The van der Waals surface area contributed by atoms with Crippen molar-refractivity contribution in [2.24, 2.45) is 0 Å². The minimum absolute atomic E-state index is 0.270. The van der Waals surface area contributed by atoms with Gasteiger partial charge in [0.15, 0.2) is 5.13 Å². The Balaban J connectivity index is 1.90. The number of anilines is 2. The van der Waals surface area contributed by atoms with Crippen LogP contribution in [0.4, 0.5) is 19.6 Å². The highest BCUT2D eigenvalue weighted by atomic mass is 32.1. The molecule has 0 atom stereocenters. The maximum atomic E-state index is 12.2. The molecule has 2 aromatic rings. The van der Waals surface area contributed by atoms with Gasteiger partial charge in [-0.1, -0.05) is 0 Å². The third kappa shape index (κ3) is 4.78. The first-order valence-corrected chi connectivity index (χ1v) is 7.03. The van der Waals surface area contributed by atoms with Crippen molar-refractivity contribution in [2.45, 2.75) is 25.8 Å². The summed E-state index contributed by atoms with van der Waals surface area (Å²) in [6, 6.07) is 0. The third-order valence-corrected chi connectivity index (χ3v) is 3.38. The summed E-state index contributed by atoms with van der Waals surface area (Å²) in [6.07, 6.45) is 1.27. The van der Waals surface area contributed by atoms with Gasteiger partial charge in [-0.15, -0.1) is 11.3 Å². The fraction of sp³-hybridized carbons (Fsp3) is 0.417. The van der Waals surface area contributed by atoms with E-state index in [2.05, 4.69) is 20.1 Å². The van der Waals surface area contributed by atoms with Crippen LogP contribution in [0.2, 0.25) is 0 Å². The quantitative estimate of drug-likeness (QED) is 0.795. The molecule has 0 unspecified atom stereocenters. The number of alkyl halides is 2. The molecule has 0 fully saturated rings. The molecular weight excluding hydrogens is 302 g/mol. The van der Waals surface area contributed by atoms with Crippen molar-refractivity contribution in [1.29, 1.82) is 0 Å². The van der Waals surface area contributed by atoms with E-state index in [-0.39, 0.29) is 12.4 Å². The third-order valence-electron chi connectivity index (χ3n) is 2.57. The van der Waals surface area contributed by atoms with Crippen molar-refractivity contribution in [3.8, 4) is 0 Å². The SMILES string of the molecule is COC(=O)CCc1csc(Nc2cnn(CC(F)F)c2)n1. The molecule has 2 rings (SSSR count). The van der Waals surface area contributed by atoms with E-state index in [0.29, 0.717) is 17.2 Å². The summed E-state index contributed by atoms with van der Waals surface area (Å²) in [7, 11) is 1.34. The lowest BCUT2D eigenvalue weighted by atomic mass is 10.2. The topological polar surface area (TPSA) is 69.0 Å². The van der Waals surface area contributed by atoms with Gasteiger partial charge in [0.1, 0.15) is 6.54 Å². The van der Waals surface area contributed by atoms with Gasteiger partial charge in [0, 0.05) is 18.0 Å². The average Bonchev–Trinajstić information content (AvgIpc) is 3.05. The van der Waals surface area contributed by atoms with Gasteiger partial charge in [-0.3, -0.25) is 9.48 Å². The van der Waals surface area contributed by atoms with Crippen molar-refractivity contribution in [2.75, 3.05) is 12.4 Å². The van der Waals surface area contributed by atoms with Crippen molar-refractivity contribution in [1.82, 2.24) is 14.8 Å². The van der Waals surface area contributed by atoms with Crippen LogP contribution in [0.1, 0.15) is 12.1 Å². The molecule has 114 valence electrons. The van der Waals surface area contributed by atoms with E-state index in [1.54, 1.807) is 0 Å². The minimum Gasteiger partial charge on any atom is -0.469 e. The van der Waals surface area contributed by atoms with Crippen molar-refractivity contribution in [3.05, 3.63) is 23.5 Å². The van der Waals surface area contributed by atoms with Crippen LogP contribution in [-0.4, -0.2) is 34.3 Å². The summed E-state index contributed by atoms with van der Waals surface area (Å²) in [6.45, 7) is -0.441. The van der Waals surface area contributed by atoms with Gasteiger partial charge in [-0.2, -0.15) is 5.10 Å². The van der Waals surface area contributed by atoms with Gasteiger partial charge >= 0.3 is 5.97 Å². The Labute approximate surface area is 123 Å². The summed E-state index contributed by atoms with van der Waals surface area (Å²) >= 11 is 1.37. The lowest BCUT2D eigenvalue weighted by Gasteiger charge is -1.99. The number of halogens is 2. The number of aromatic nitrogens is 3. The fourth-order valence-corrected chi connectivity index (χ4v) is 2.37. The number of nitrogens with zero attached hydrogens (tertiary/aromatic N) is 3. The number of rotatable bonds is 7. The molecule has 0 radical (unpaired) electrons. The van der Waals surface area contributed by atoms with Gasteiger partial charge in [0.25, 0.3) is 6.43 Å². The Morgan fingerprint density at radius 2 is 2.38 bits per heavy atom. The molecule has 2 aromatic heterocycles. The number of nitrogens with one attached hydrogen (secondary N) is 1. The van der Waals surface area contributed by atoms with Gasteiger partial charge in [-0.05, 0) is 0 Å². The van der Waals surface area contributed by atoms with E-state index in [1.807, 2.05) is 5.38 Å². The molecule has 9 heteroatoms. The van der Waals surface area contributed by atoms with E-state index in [0.717, 1.165) is 5.69 Å². The zero-order valence-electron chi connectivity index (χ0n) is 11.3. The molecule has 0 aliphatic rings. The Hall–Kier alpha value is -2.03. The van der Waals surface area contributed by atoms with Gasteiger partial charge in [-0.25, -0.2) is 13.8 Å². The summed E-state index contributed by atoms with van der Waals surface area (Å²) in [5, 5.41) is 9.25. The smallest absolute Gasteiger partial charge is 0.305 e. The predicted octanol–water partition coefficient (Wildman–Crippen LogP) is 2.45. The molecule has 0 saturated heterocycles. The molecule has 0 aliphatic carbocycles. The predicted molar refractivity (Wildman–Crippen MR) is 74.0 cm³/mol. The largest absolute Gasteiger partial charge is 0.469 e. The van der Waals surface area contributed by atoms with Gasteiger partial charge < -0.3 is 10.1 Å². The monoisotopic (exact) mass is 316 g/mol. The first-order chi connectivity index (χ1) is 10.1. The number of carbonyl (C=O) groups excluding carboxylic acids is 1. The molecule has 0 spiro atoms. The molecule has 0 bridgehead atoms. The molecule has 6 nitrogen and oxygen atoms in total. The fourth-order valence-electron chi connectivity index (χ4n) is 1.60. The second-order valence-electron chi connectivity index (χ2n) is 4.19. The second-order valence-corrected chi connectivity index (χ2v) is 5.05. The second kappa shape index (κ2) is 7.11. The van der Waals surface area contributed by atoms with Crippen LogP contribution in [0.3, 0.4) is 0 Å². The van der Waals surface area contributed by atoms with Crippen molar-refractivity contribution in [3.63, 3.8) is 0 Å². The van der Waals surface area contributed by atoms with Crippen molar-refractivity contribution < 1.29 is 18.3 Å². The molecule has 21 heavy (non-hydrogen) atoms. The normalized spacial score (nSPS) is 10.9. The van der Waals surface area contributed by atoms with Crippen molar-refractivity contribution >= 4 is 28.1 Å². The first kappa shape index (κ1) is 15.4. The molecular formula is C12H14F2N4O2S. The van der Waals surface area contributed by atoms with Crippen LogP contribution in [0.5, 0.6) is 0 Å². The number of hydrogen-bond donors (Lipinski definition) is 1. The highest BCUT2D eigenvalue weighted by Crippen LogP contribution is 2.21. The van der Waals surface area contributed by atoms with Crippen LogP contribution >= 0.6 is 11.3 Å². The summed E-state index contributed by atoms with van der Waals surface area (Å²) < 4.78 is 30.1. The Morgan fingerprint density at radius 3 is 3.10 bits per heavy atom. The number of hydrogen-bond acceptors (Lipinski definition) is 6. The number of ether oxygens (including phenoxy) is 1. The van der Waals surface area contributed by atoms with Crippen LogP contribution in [0, 0.1) is 0 Å². The number of aryl methyl sites for hydroxylation is 1. The lowest BCUT2D eigenvalue weighted by molar-refractivity contribution is -0.140. The Morgan fingerprint density at radius 1 is 1.57 bits per heavy atom. The first-order valence-electron chi connectivity index (χ1n) is 6.15. The molecule has 1 N–H and O–H groups in total. The van der Waals surface area contributed by atoms with Crippen LogP contribution < -0.4 is 5.32 Å². The number of thiazole rings is 1. The van der Waals surface area contributed by atoms with E-state index < -0.39 is 13.0 Å². The zero-order valence-corrected chi connectivity index (χ0v) is 12.1. The minimum atomic E-state index is -2.44. The van der Waals surface area contributed by atoms with Crippen LogP contribution in [0.25, 0.3) is 0 Å². The van der Waals surface area contributed by atoms with Crippen LogP contribution in [-0.2, 0) is 22.5 Å². The van der Waals surface area contributed by atoms with E-state index in [9.17, 15) is 13.6 Å². The molecule has 0 aliphatic heterocycles. The standard InChI is InChI=1S/C12H14F2N4O2S/c1-20-11(19)3-2-8-7-21-12(16-8)17-9-4-15-18(5-9)6-10(13)14/h4-5,7,10H,2-3,6H2,1H3,(H,16,17). The highest BCUT2D eigenvalue weighted by molar-refractivity contribution is 7.13. The molecule has 0 aromatic carbocycles. The summed E-state index contributed by atoms with van der Waals surface area (Å²) in [4.78, 5) is 15.3. The highest BCUT2D eigenvalue weighted by Gasteiger charge is 2.08. The molecule has 0 amide bonds. The Bertz CT molecular complexity index is 600. The average molecular weight is 316 g/mol. The zero-order chi connectivity index (χ0) is 15.2. The maximum absolute atomic E-state index is 12.2. The lowest BCUT2D eigenvalue weighted by Crippen LogP contribution is -2.06. The van der Waals surface area contributed by atoms with Gasteiger partial charge in [0.2, 0.25) is 0 Å². The number of esters is 1. The maximum Gasteiger partial charge on any atom is 0.305 e. The van der Waals surface area contributed by atoms with Gasteiger partial charge in [0.05, 0.1) is 31.1 Å². The number of carbonyl (C=O) groups is 1. The van der Waals surface area contributed by atoms with E-state index >= 15 is 0 Å². The Kier molecular flexibility index (Phi) is 5.20. The molecule has 2 heterocycles. The summed E-state index contributed by atoms with van der Waals surface area (Å²) in [5.41, 5.74) is 1.36. The molecule has 0 saturated carbocycles. The van der Waals surface area contributed by atoms with E-state index in [1.165, 1.54) is 35.5 Å². The van der Waals surface area contributed by atoms with Crippen LogP contribution in [0.15, 0.2) is 17.8 Å².